The van der Waals surface area contributed by atoms with Crippen molar-refractivity contribution in [1.82, 2.24) is 14.5 Å². The molecule has 5 aromatic rings. The quantitative estimate of drug-likeness (QED) is 0.272. The van der Waals surface area contributed by atoms with Crippen molar-refractivity contribution < 1.29 is 19.1 Å². The Morgan fingerprint density at radius 3 is 2.62 bits per heavy atom. The predicted octanol–water partition coefficient (Wildman–Crippen LogP) is 5.66. The number of anilines is 3. The molecule has 1 saturated carbocycles. The number of aromatic carboxylic acids is 1. The summed E-state index contributed by atoms with van der Waals surface area (Å²) in [6, 6.07) is 11.1. The number of carboxylic acids is 1. The van der Waals surface area contributed by atoms with E-state index < -0.39 is 5.97 Å². The molecule has 0 radical (unpaired) electrons. The highest BCUT2D eigenvalue weighted by molar-refractivity contribution is 7.17. The number of aromatic nitrogens is 3. The minimum atomic E-state index is -0.955. The molecule has 7 rings (SSSR count). The largest absolute Gasteiger partial charge is 0.477 e. The summed E-state index contributed by atoms with van der Waals surface area (Å²) in [5.41, 5.74) is 4.02. The Morgan fingerprint density at radius 1 is 1.10 bits per heavy atom. The molecule has 4 aromatic heterocycles. The average molecular weight is 558 g/mol. The van der Waals surface area contributed by atoms with E-state index in [1.807, 2.05) is 39.1 Å². The second-order valence-corrected chi connectivity index (χ2v) is 11.1. The smallest absolute Gasteiger partial charge is 0.352 e. The van der Waals surface area contributed by atoms with Crippen molar-refractivity contribution in [2.75, 3.05) is 36.5 Å². The summed E-state index contributed by atoms with van der Waals surface area (Å²) in [7, 11) is 0. The topological polar surface area (TPSA) is 123 Å². The van der Waals surface area contributed by atoms with Crippen molar-refractivity contribution in [3.05, 3.63) is 63.9 Å². The van der Waals surface area contributed by atoms with Crippen molar-refractivity contribution in [1.29, 1.82) is 0 Å². The van der Waals surface area contributed by atoms with Gasteiger partial charge in [-0.3, -0.25) is 4.79 Å². The van der Waals surface area contributed by atoms with E-state index in [1.165, 1.54) is 11.3 Å². The zero-order valence-corrected chi connectivity index (χ0v) is 22.4. The van der Waals surface area contributed by atoms with Crippen LogP contribution >= 0.6 is 11.3 Å². The number of thiophene rings is 1. The van der Waals surface area contributed by atoms with E-state index in [4.69, 9.17) is 14.1 Å². The van der Waals surface area contributed by atoms with Crippen LogP contribution in [0.5, 0.6) is 0 Å². The van der Waals surface area contributed by atoms with Crippen molar-refractivity contribution in [3.63, 3.8) is 0 Å². The summed E-state index contributed by atoms with van der Waals surface area (Å²) >= 11 is 1.39. The number of hydrogen-bond acceptors (Lipinski definition) is 9. The van der Waals surface area contributed by atoms with E-state index in [0.29, 0.717) is 59.5 Å². The highest BCUT2D eigenvalue weighted by Gasteiger charge is 2.25. The van der Waals surface area contributed by atoms with Crippen LogP contribution in [0.15, 0.2) is 57.2 Å². The zero-order chi connectivity index (χ0) is 27.2. The maximum atomic E-state index is 12.8. The van der Waals surface area contributed by atoms with Crippen molar-refractivity contribution in [2.45, 2.75) is 31.7 Å². The van der Waals surface area contributed by atoms with E-state index in [0.717, 1.165) is 42.5 Å². The van der Waals surface area contributed by atoms with Gasteiger partial charge in [-0.25, -0.2) is 9.78 Å². The fourth-order valence-corrected chi connectivity index (χ4v) is 6.61. The van der Waals surface area contributed by atoms with E-state index >= 15 is 0 Å². The number of ether oxygens (including phenoxy) is 1. The standard InChI is InChI=1S/C29H27N5O5S/c35-23-14-24(33-9-11-38-12-10-33)39-25-21(16-40-26(23)25)17-5-7-19(8-6-17)31-29-30-15-18-13-22(28(36)37)34(27(18)32-29)20-3-1-2-4-20/h5-8,13-16,20H,1-4,9-12H2,(H,36,37)(H,30,31,32). The molecule has 10 nitrogen and oxygen atoms in total. The van der Waals surface area contributed by atoms with E-state index in [2.05, 4.69) is 10.3 Å². The van der Waals surface area contributed by atoms with E-state index in [9.17, 15) is 14.7 Å². The molecule has 0 spiro atoms. The summed E-state index contributed by atoms with van der Waals surface area (Å²) in [6.07, 6.45) is 5.74. The molecule has 0 unspecified atom stereocenters. The molecule has 1 saturated heterocycles. The second-order valence-electron chi connectivity index (χ2n) is 10.2. The Bertz CT molecular complexity index is 1780. The van der Waals surface area contributed by atoms with Gasteiger partial charge < -0.3 is 29.0 Å². The number of fused-ring (bicyclic) bond motifs is 2. The highest BCUT2D eigenvalue weighted by atomic mass is 32.1. The summed E-state index contributed by atoms with van der Waals surface area (Å²) in [6.45, 7) is 2.59. The number of hydrogen-bond donors (Lipinski definition) is 2. The van der Waals surface area contributed by atoms with Crippen LogP contribution in [0.2, 0.25) is 0 Å². The molecule has 204 valence electrons. The molecule has 40 heavy (non-hydrogen) atoms. The lowest BCUT2D eigenvalue weighted by molar-refractivity contribution is 0.0683. The third kappa shape index (κ3) is 4.40. The monoisotopic (exact) mass is 557 g/mol. The molecular formula is C29H27N5O5S. The van der Waals surface area contributed by atoms with Crippen LogP contribution in [-0.4, -0.2) is 51.9 Å². The number of carbonyl (C=O) groups is 1. The maximum absolute atomic E-state index is 12.8. The molecule has 2 fully saturated rings. The molecular weight excluding hydrogens is 530 g/mol. The third-order valence-corrected chi connectivity index (χ3v) is 8.67. The molecule has 0 bridgehead atoms. The maximum Gasteiger partial charge on any atom is 0.352 e. The summed E-state index contributed by atoms with van der Waals surface area (Å²) < 4.78 is 14.1. The lowest BCUT2D eigenvalue weighted by Gasteiger charge is -2.27. The number of nitrogens with zero attached hydrogens (tertiary/aromatic N) is 4. The summed E-state index contributed by atoms with van der Waals surface area (Å²) in [4.78, 5) is 35.9. The number of benzene rings is 1. The normalized spacial score (nSPS) is 16.2. The first-order valence-corrected chi connectivity index (χ1v) is 14.3. The molecule has 11 heteroatoms. The molecule has 1 aromatic carbocycles. The Hall–Kier alpha value is -4.22. The van der Waals surface area contributed by atoms with Crippen LogP contribution in [0.4, 0.5) is 17.5 Å². The Labute approximate surface area is 232 Å². The van der Waals surface area contributed by atoms with Crippen LogP contribution in [0, 0.1) is 0 Å². The second kappa shape index (κ2) is 10.1. The highest BCUT2D eigenvalue weighted by Crippen LogP contribution is 2.36. The molecule has 0 atom stereocenters. The molecule has 0 amide bonds. The first-order chi connectivity index (χ1) is 19.5. The summed E-state index contributed by atoms with van der Waals surface area (Å²) in [5, 5.41) is 15.7. The van der Waals surface area contributed by atoms with Gasteiger partial charge in [0.2, 0.25) is 11.4 Å². The Kier molecular flexibility index (Phi) is 6.24. The average Bonchev–Trinajstić information content (AvgIpc) is 3.72. The van der Waals surface area contributed by atoms with Crippen LogP contribution in [0.1, 0.15) is 42.2 Å². The fourth-order valence-electron chi connectivity index (χ4n) is 5.70. The number of carboxylic acid groups (broad SMARTS) is 1. The van der Waals surface area contributed by atoms with Gasteiger partial charge in [0.25, 0.3) is 0 Å². The molecule has 5 heterocycles. The molecule has 1 aliphatic carbocycles. The van der Waals surface area contributed by atoms with Gasteiger partial charge in [0.15, 0.2) is 11.5 Å². The summed E-state index contributed by atoms with van der Waals surface area (Å²) in [5.74, 6) is 0.0141. The predicted molar refractivity (Wildman–Crippen MR) is 154 cm³/mol. The van der Waals surface area contributed by atoms with Crippen molar-refractivity contribution in [2.24, 2.45) is 0 Å². The SMILES string of the molecule is O=C(O)c1cc2cnc(Nc3ccc(-c4csc5c(=O)cc(N6CCOCC6)oc45)cc3)nc2n1C1CCCC1. The van der Waals surface area contributed by atoms with Gasteiger partial charge in [0.05, 0.1) is 13.2 Å². The van der Waals surface area contributed by atoms with Gasteiger partial charge in [-0.2, -0.15) is 4.98 Å². The minimum absolute atomic E-state index is 0.0433. The van der Waals surface area contributed by atoms with Gasteiger partial charge in [0.1, 0.15) is 16.0 Å². The van der Waals surface area contributed by atoms with Gasteiger partial charge in [-0.05, 0) is 36.6 Å². The number of rotatable bonds is 6. The van der Waals surface area contributed by atoms with E-state index in [1.54, 1.807) is 18.3 Å². The molecule has 2 N–H and O–H groups in total. The first-order valence-electron chi connectivity index (χ1n) is 13.4. The van der Waals surface area contributed by atoms with Gasteiger partial charge >= 0.3 is 5.97 Å². The van der Waals surface area contributed by atoms with Crippen LogP contribution in [0.3, 0.4) is 0 Å². The molecule has 2 aliphatic rings. The number of morpholine rings is 1. The van der Waals surface area contributed by atoms with Crippen molar-refractivity contribution >= 4 is 56.1 Å². The van der Waals surface area contributed by atoms with Crippen molar-refractivity contribution in [3.8, 4) is 11.1 Å². The first kappa shape index (κ1) is 24.8. The van der Waals surface area contributed by atoms with Crippen LogP contribution < -0.4 is 15.6 Å². The van der Waals surface area contributed by atoms with Crippen LogP contribution in [0.25, 0.3) is 32.4 Å². The van der Waals surface area contributed by atoms with Gasteiger partial charge in [-0.15, -0.1) is 11.3 Å². The number of nitrogens with one attached hydrogen (secondary N) is 1. The third-order valence-electron chi connectivity index (χ3n) is 7.69. The lowest BCUT2D eigenvalue weighted by atomic mass is 10.1. The lowest BCUT2D eigenvalue weighted by Crippen LogP contribution is -2.36. The van der Waals surface area contributed by atoms with Crippen LogP contribution in [-0.2, 0) is 4.74 Å². The van der Waals surface area contributed by atoms with Gasteiger partial charge in [-0.1, -0.05) is 25.0 Å². The Morgan fingerprint density at radius 2 is 1.88 bits per heavy atom. The minimum Gasteiger partial charge on any atom is -0.477 e. The fraction of sp³-hybridized carbons (Fsp3) is 0.310. The molecule has 1 aliphatic heterocycles. The Balaban J connectivity index is 1.18. The van der Waals surface area contributed by atoms with Gasteiger partial charge in [0, 0.05) is 53.4 Å². The van der Waals surface area contributed by atoms with E-state index in [-0.39, 0.29) is 17.2 Å². The zero-order valence-electron chi connectivity index (χ0n) is 21.6.